The number of hydrogen-bond donors (Lipinski definition) is 2. The lowest BCUT2D eigenvalue weighted by Crippen LogP contribution is -2.44. The Morgan fingerprint density at radius 2 is 1.96 bits per heavy atom. The number of aliphatic imine (C=N–C) groups is 1. The van der Waals surface area contributed by atoms with E-state index in [1.165, 1.54) is 5.56 Å². The van der Waals surface area contributed by atoms with Crippen LogP contribution in [0.2, 0.25) is 0 Å². The van der Waals surface area contributed by atoms with Crippen molar-refractivity contribution < 1.29 is 4.74 Å². The van der Waals surface area contributed by atoms with Crippen molar-refractivity contribution in [2.75, 3.05) is 46.4 Å². The van der Waals surface area contributed by atoms with Crippen molar-refractivity contribution in [2.45, 2.75) is 6.54 Å². The Morgan fingerprint density at radius 3 is 2.62 bits per heavy atom. The van der Waals surface area contributed by atoms with Gasteiger partial charge in [0.05, 0.1) is 18.9 Å². The van der Waals surface area contributed by atoms with Gasteiger partial charge in [-0.2, -0.15) is 5.10 Å². The molecule has 0 amide bonds. The molecular weight excluding hydrogens is 443 g/mol. The van der Waals surface area contributed by atoms with Crippen LogP contribution in [-0.2, 0) is 11.3 Å². The molecule has 0 saturated carbocycles. The van der Waals surface area contributed by atoms with Crippen LogP contribution in [0.1, 0.15) is 5.56 Å². The van der Waals surface area contributed by atoms with E-state index in [9.17, 15) is 0 Å². The fourth-order valence-corrected chi connectivity index (χ4v) is 2.75. The zero-order valence-corrected chi connectivity index (χ0v) is 17.4. The first-order valence-corrected chi connectivity index (χ1v) is 8.69. The smallest absolute Gasteiger partial charge is 0.191 e. The molecule has 0 radical (unpaired) electrons. The predicted octanol–water partition coefficient (Wildman–Crippen LogP) is 1.49. The van der Waals surface area contributed by atoms with Gasteiger partial charge in [-0.3, -0.25) is 9.89 Å². The van der Waals surface area contributed by atoms with Crippen molar-refractivity contribution in [1.29, 1.82) is 0 Å². The van der Waals surface area contributed by atoms with Crippen molar-refractivity contribution in [3.63, 3.8) is 0 Å². The molecule has 1 aliphatic heterocycles. The fraction of sp³-hybridized carbons (Fsp3) is 0.444. The quantitative estimate of drug-likeness (QED) is 0.381. The van der Waals surface area contributed by atoms with Gasteiger partial charge in [0.1, 0.15) is 0 Å². The number of aromatic nitrogens is 2. The minimum Gasteiger partial charge on any atom is -0.379 e. The highest BCUT2D eigenvalue weighted by atomic mass is 127. The first-order chi connectivity index (χ1) is 12.3. The molecule has 2 N–H and O–H groups in total. The Kier molecular flexibility index (Phi) is 8.86. The van der Waals surface area contributed by atoms with Gasteiger partial charge in [0.2, 0.25) is 0 Å². The van der Waals surface area contributed by atoms with Crippen LogP contribution < -0.4 is 10.6 Å². The third kappa shape index (κ3) is 6.26. The second-order valence-corrected chi connectivity index (χ2v) is 5.92. The highest BCUT2D eigenvalue weighted by molar-refractivity contribution is 14.0. The van der Waals surface area contributed by atoms with Crippen LogP contribution in [0.25, 0.3) is 5.69 Å². The number of nitrogens with one attached hydrogen (secondary N) is 2. The molecule has 0 bridgehead atoms. The minimum atomic E-state index is 0. The molecule has 2 aromatic rings. The largest absolute Gasteiger partial charge is 0.379 e. The molecule has 2 heterocycles. The van der Waals surface area contributed by atoms with E-state index >= 15 is 0 Å². The topological polar surface area (TPSA) is 66.7 Å². The summed E-state index contributed by atoms with van der Waals surface area (Å²) in [6.45, 7) is 6.30. The van der Waals surface area contributed by atoms with Gasteiger partial charge in [-0.15, -0.1) is 24.0 Å². The molecule has 0 aliphatic carbocycles. The van der Waals surface area contributed by atoms with Gasteiger partial charge in [-0.05, 0) is 23.8 Å². The van der Waals surface area contributed by atoms with Crippen LogP contribution >= 0.6 is 24.0 Å². The average molecular weight is 470 g/mol. The normalized spacial score (nSPS) is 15.3. The van der Waals surface area contributed by atoms with Crippen LogP contribution in [-0.4, -0.2) is 67.1 Å². The van der Waals surface area contributed by atoms with Gasteiger partial charge >= 0.3 is 0 Å². The average Bonchev–Trinajstić information content (AvgIpc) is 3.20. The molecule has 0 unspecified atom stereocenters. The molecule has 142 valence electrons. The van der Waals surface area contributed by atoms with Crippen LogP contribution in [0.15, 0.2) is 47.7 Å². The zero-order valence-electron chi connectivity index (χ0n) is 15.1. The molecule has 3 rings (SSSR count). The highest BCUT2D eigenvalue weighted by Crippen LogP contribution is 2.08. The van der Waals surface area contributed by atoms with Gasteiger partial charge in [-0.1, -0.05) is 12.1 Å². The van der Waals surface area contributed by atoms with Crippen molar-refractivity contribution in [1.82, 2.24) is 25.3 Å². The Bertz CT molecular complexity index is 653. The number of hydrogen-bond acceptors (Lipinski definition) is 4. The molecule has 8 heteroatoms. The summed E-state index contributed by atoms with van der Waals surface area (Å²) in [7, 11) is 1.80. The maximum atomic E-state index is 5.36. The van der Waals surface area contributed by atoms with E-state index in [1.807, 2.05) is 16.9 Å². The van der Waals surface area contributed by atoms with Gasteiger partial charge in [0, 0.05) is 52.2 Å². The van der Waals surface area contributed by atoms with Crippen molar-refractivity contribution >= 4 is 29.9 Å². The van der Waals surface area contributed by atoms with E-state index in [4.69, 9.17) is 4.74 Å². The van der Waals surface area contributed by atoms with E-state index in [2.05, 4.69) is 49.9 Å². The SMILES string of the molecule is CN=C(NCCN1CCOCC1)NCc1ccc(-n2cccn2)cc1.I. The van der Waals surface area contributed by atoms with Gasteiger partial charge in [0.25, 0.3) is 0 Å². The lowest BCUT2D eigenvalue weighted by molar-refractivity contribution is 0.0389. The number of benzene rings is 1. The summed E-state index contributed by atoms with van der Waals surface area (Å²) in [6.07, 6.45) is 3.72. The second-order valence-electron chi connectivity index (χ2n) is 5.92. The molecule has 1 aromatic carbocycles. The number of rotatable bonds is 6. The minimum absolute atomic E-state index is 0. The molecule has 1 aliphatic rings. The van der Waals surface area contributed by atoms with E-state index < -0.39 is 0 Å². The van der Waals surface area contributed by atoms with Crippen LogP contribution in [0, 0.1) is 0 Å². The van der Waals surface area contributed by atoms with Crippen molar-refractivity contribution in [3.8, 4) is 5.69 Å². The van der Waals surface area contributed by atoms with Crippen LogP contribution in [0.5, 0.6) is 0 Å². The second kappa shape index (κ2) is 11.1. The van der Waals surface area contributed by atoms with E-state index in [0.717, 1.165) is 57.6 Å². The lowest BCUT2D eigenvalue weighted by Gasteiger charge is -2.26. The highest BCUT2D eigenvalue weighted by Gasteiger charge is 2.09. The van der Waals surface area contributed by atoms with E-state index in [1.54, 1.807) is 13.2 Å². The summed E-state index contributed by atoms with van der Waals surface area (Å²) in [6, 6.07) is 10.3. The molecule has 1 saturated heterocycles. The van der Waals surface area contributed by atoms with Crippen molar-refractivity contribution in [3.05, 3.63) is 48.3 Å². The van der Waals surface area contributed by atoms with Crippen LogP contribution in [0.4, 0.5) is 0 Å². The summed E-state index contributed by atoms with van der Waals surface area (Å²) in [5, 5.41) is 10.9. The molecule has 1 fully saturated rings. The maximum absolute atomic E-state index is 5.36. The predicted molar refractivity (Wildman–Crippen MR) is 114 cm³/mol. The summed E-state index contributed by atoms with van der Waals surface area (Å²) in [4.78, 5) is 6.68. The van der Waals surface area contributed by atoms with Gasteiger partial charge < -0.3 is 15.4 Å². The monoisotopic (exact) mass is 470 g/mol. The van der Waals surface area contributed by atoms with E-state index in [0.29, 0.717) is 0 Å². The number of morpholine rings is 1. The van der Waals surface area contributed by atoms with Crippen LogP contribution in [0.3, 0.4) is 0 Å². The summed E-state index contributed by atoms with van der Waals surface area (Å²) in [5.41, 5.74) is 2.26. The lowest BCUT2D eigenvalue weighted by atomic mass is 10.2. The molecular formula is C18H27IN6O. The molecule has 1 aromatic heterocycles. The van der Waals surface area contributed by atoms with Gasteiger partial charge in [-0.25, -0.2) is 4.68 Å². The first-order valence-electron chi connectivity index (χ1n) is 8.69. The molecule has 0 spiro atoms. The number of ether oxygens (including phenoxy) is 1. The third-order valence-corrected chi connectivity index (χ3v) is 4.21. The van der Waals surface area contributed by atoms with E-state index in [-0.39, 0.29) is 24.0 Å². The Hall–Kier alpha value is -1.65. The standard InChI is InChI=1S/C18H26N6O.HI/c1-19-18(20-8-10-23-11-13-25-14-12-23)21-15-16-3-5-17(6-4-16)24-9-2-7-22-24;/h2-7,9H,8,10-15H2,1H3,(H2,19,20,21);1H. The Balaban J connectivity index is 0.00000243. The third-order valence-electron chi connectivity index (χ3n) is 4.21. The number of nitrogens with zero attached hydrogens (tertiary/aromatic N) is 4. The van der Waals surface area contributed by atoms with Crippen molar-refractivity contribution in [2.24, 2.45) is 4.99 Å². The zero-order chi connectivity index (χ0) is 17.3. The fourth-order valence-electron chi connectivity index (χ4n) is 2.75. The van der Waals surface area contributed by atoms with Gasteiger partial charge in [0.15, 0.2) is 5.96 Å². The Morgan fingerprint density at radius 1 is 1.19 bits per heavy atom. The molecule has 0 atom stereocenters. The summed E-state index contributed by atoms with van der Waals surface area (Å²) < 4.78 is 7.21. The summed E-state index contributed by atoms with van der Waals surface area (Å²) in [5.74, 6) is 0.824. The molecule has 7 nitrogen and oxygen atoms in total. The summed E-state index contributed by atoms with van der Waals surface area (Å²) >= 11 is 0. The molecule has 26 heavy (non-hydrogen) atoms. The maximum Gasteiger partial charge on any atom is 0.191 e. The first kappa shape index (κ1) is 20.7. The number of guanidine groups is 1. The Labute approximate surface area is 171 Å². The number of halogens is 1.